The summed E-state index contributed by atoms with van der Waals surface area (Å²) in [6.45, 7) is 6.15. The van der Waals surface area contributed by atoms with E-state index in [0.717, 1.165) is 22.3 Å². The number of hydrogen-bond donors (Lipinski definition) is 1. The highest BCUT2D eigenvalue weighted by atomic mass is 16.5. The van der Waals surface area contributed by atoms with Crippen LogP contribution in [-0.2, 0) is 4.74 Å². The highest BCUT2D eigenvalue weighted by molar-refractivity contribution is 6.07. The zero-order valence-electron chi connectivity index (χ0n) is 15.7. The number of rotatable bonds is 5. The lowest BCUT2D eigenvalue weighted by atomic mass is 10.1. The molecule has 0 aliphatic heterocycles. The summed E-state index contributed by atoms with van der Waals surface area (Å²) in [7, 11) is 1.31. The number of esters is 1. The first-order valence-corrected chi connectivity index (χ1v) is 8.60. The molecule has 0 atom stereocenters. The Morgan fingerprint density at radius 3 is 2.59 bits per heavy atom. The van der Waals surface area contributed by atoms with Gasteiger partial charge >= 0.3 is 5.97 Å². The number of furan rings is 1. The molecule has 1 amide bonds. The van der Waals surface area contributed by atoms with Crippen molar-refractivity contribution in [3.63, 3.8) is 0 Å². The molecule has 3 rings (SSSR count). The summed E-state index contributed by atoms with van der Waals surface area (Å²) in [6.07, 6.45) is 0. The summed E-state index contributed by atoms with van der Waals surface area (Å²) in [5, 5.41) is 3.64. The van der Waals surface area contributed by atoms with E-state index in [0.29, 0.717) is 23.4 Å². The molecule has 6 nitrogen and oxygen atoms in total. The number of fused-ring (bicyclic) bond motifs is 1. The van der Waals surface area contributed by atoms with Crippen molar-refractivity contribution >= 4 is 28.5 Å². The van der Waals surface area contributed by atoms with Crippen LogP contribution in [0, 0.1) is 13.8 Å². The minimum absolute atomic E-state index is 0.224. The number of ether oxygens (including phenoxy) is 2. The van der Waals surface area contributed by atoms with Crippen molar-refractivity contribution in [3.8, 4) is 5.75 Å². The molecular weight excluding hydrogens is 346 g/mol. The number of benzene rings is 2. The minimum Gasteiger partial charge on any atom is -0.494 e. The van der Waals surface area contributed by atoms with Gasteiger partial charge in [-0.25, -0.2) is 4.79 Å². The van der Waals surface area contributed by atoms with E-state index in [9.17, 15) is 9.59 Å². The number of anilines is 1. The monoisotopic (exact) mass is 367 g/mol. The van der Waals surface area contributed by atoms with Gasteiger partial charge in [0.1, 0.15) is 11.3 Å². The van der Waals surface area contributed by atoms with Crippen LogP contribution in [0.2, 0.25) is 0 Å². The maximum Gasteiger partial charge on any atom is 0.337 e. The molecule has 0 aliphatic rings. The SMILES string of the molecule is CCOc1ccc2oc(C(=O)Nc3cc(C(=O)OC)ccc3C)c(C)c2c1. The summed E-state index contributed by atoms with van der Waals surface area (Å²) in [4.78, 5) is 24.5. The molecule has 0 saturated carbocycles. The minimum atomic E-state index is -0.464. The van der Waals surface area contributed by atoms with Crippen LogP contribution in [-0.4, -0.2) is 25.6 Å². The van der Waals surface area contributed by atoms with Gasteiger partial charge in [-0.1, -0.05) is 6.07 Å². The van der Waals surface area contributed by atoms with Gasteiger partial charge in [-0.2, -0.15) is 0 Å². The van der Waals surface area contributed by atoms with Crippen molar-refractivity contribution in [2.75, 3.05) is 19.0 Å². The van der Waals surface area contributed by atoms with E-state index in [1.165, 1.54) is 7.11 Å². The van der Waals surface area contributed by atoms with Gasteiger partial charge in [-0.05, 0) is 56.7 Å². The zero-order chi connectivity index (χ0) is 19.6. The number of carbonyl (C=O) groups is 2. The third-order valence-electron chi connectivity index (χ3n) is 4.33. The van der Waals surface area contributed by atoms with Gasteiger partial charge in [-0.15, -0.1) is 0 Å². The molecule has 0 aliphatic carbocycles. The number of carbonyl (C=O) groups excluding carboxylic acids is 2. The van der Waals surface area contributed by atoms with E-state index in [4.69, 9.17) is 13.9 Å². The molecule has 0 fully saturated rings. The molecule has 1 heterocycles. The molecular formula is C21H21NO5. The van der Waals surface area contributed by atoms with Crippen molar-refractivity contribution in [2.24, 2.45) is 0 Å². The second-order valence-electron chi connectivity index (χ2n) is 6.12. The van der Waals surface area contributed by atoms with E-state index in [1.54, 1.807) is 30.3 Å². The molecule has 0 bridgehead atoms. The second-order valence-corrected chi connectivity index (χ2v) is 6.12. The van der Waals surface area contributed by atoms with Crippen LogP contribution in [0.25, 0.3) is 11.0 Å². The molecule has 3 aromatic rings. The average Bonchev–Trinajstić information content (AvgIpc) is 2.99. The molecule has 0 unspecified atom stereocenters. The van der Waals surface area contributed by atoms with Crippen molar-refractivity contribution in [3.05, 3.63) is 58.8 Å². The molecule has 1 aromatic heterocycles. The maximum atomic E-state index is 12.8. The Labute approximate surface area is 157 Å². The molecule has 6 heteroatoms. The summed E-state index contributed by atoms with van der Waals surface area (Å²) < 4.78 is 16.0. The van der Waals surface area contributed by atoms with Crippen LogP contribution in [0.3, 0.4) is 0 Å². The average molecular weight is 367 g/mol. The standard InChI is InChI=1S/C21H21NO5/c1-5-26-15-8-9-18-16(11-15)13(3)19(27-18)20(23)22-17-10-14(21(24)25-4)7-6-12(17)2/h6-11H,5H2,1-4H3,(H,22,23). The fourth-order valence-electron chi connectivity index (χ4n) is 2.85. The predicted molar refractivity (Wildman–Crippen MR) is 103 cm³/mol. The van der Waals surface area contributed by atoms with Crippen LogP contribution in [0.4, 0.5) is 5.69 Å². The quantitative estimate of drug-likeness (QED) is 0.673. The van der Waals surface area contributed by atoms with Gasteiger partial charge in [0, 0.05) is 16.6 Å². The molecule has 0 saturated heterocycles. The third kappa shape index (κ3) is 3.65. The molecule has 0 radical (unpaired) electrons. The van der Waals surface area contributed by atoms with E-state index in [1.807, 2.05) is 26.8 Å². The molecule has 2 aromatic carbocycles. The Hall–Kier alpha value is -3.28. The number of aryl methyl sites for hydroxylation is 2. The Morgan fingerprint density at radius 2 is 1.89 bits per heavy atom. The number of methoxy groups -OCH3 is 1. The van der Waals surface area contributed by atoms with E-state index in [-0.39, 0.29) is 11.7 Å². The van der Waals surface area contributed by atoms with Crippen molar-refractivity contribution in [1.29, 1.82) is 0 Å². The summed E-state index contributed by atoms with van der Waals surface area (Å²) >= 11 is 0. The topological polar surface area (TPSA) is 77.8 Å². The van der Waals surface area contributed by atoms with Gasteiger partial charge in [0.2, 0.25) is 0 Å². The smallest absolute Gasteiger partial charge is 0.337 e. The zero-order valence-corrected chi connectivity index (χ0v) is 15.7. The summed E-state index contributed by atoms with van der Waals surface area (Å²) in [5.74, 6) is 0.102. The number of hydrogen-bond acceptors (Lipinski definition) is 5. The summed E-state index contributed by atoms with van der Waals surface area (Å²) in [6, 6.07) is 10.4. The van der Waals surface area contributed by atoms with E-state index in [2.05, 4.69) is 5.32 Å². The largest absolute Gasteiger partial charge is 0.494 e. The predicted octanol–water partition coefficient (Wildman–Crippen LogP) is 4.49. The molecule has 140 valence electrons. The lowest BCUT2D eigenvalue weighted by Crippen LogP contribution is -2.14. The summed E-state index contributed by atoms with van der Waals surface area (Å²) in [5.41, 5.74) is 3.05. The van der Waals surface area contributed by atoms with Crippen molar-refractivity contribution in [1.82, 2.24) is 0 Å². The van der Waals surface area contributed by atoms with Gasteiger partial charge < -0.3 is 19.2 Å². The first kappa shape index (κ1) is 18.5. The van der Waals surface area contributed by atoms with E-state index >= 15 is 0 Å². The Balaban J connectivity index is 1.92. The molecule has 0 spiro atoms. The molecule has 1 N–H and O–H groups in total. The Morgan fingerprint density at radius 1 is 1.11 bits per heavy atom. The number of nitrogens with one attached hydrogen (secondary N) is 1. The maximum absolute atomic E-state index is 12.8. The Kier molecular flexibility index (Phi) is 5.16. The van der Waals surface area contributed by atoms with Gasteiger partial charge in [0.15, 0.2) is 5.76 Å². The molecule has 27 heavy (non-hydrogen) atoms. The lowest BCUT2D eigenvalue weighted by Gasteiger charge is -2.09. The van der Waals surface area contributed by atoms with Crippen LogP contribution >= 0.6 is 0 Å². The Bertz CT molecular complexity index is 1020. The highest BCUT2D eigenvalue weighted by Gasteiger charge is 2.19. The van der Waals surface area contributed by atoms with Crippen LogP contribution < -0.4 is 10.1 Å². The first-order chi connectivity index (χ1) is 12.9. The van der Waals surface area contributed by atoms with Gasteiger partial charge in [-0.3, -0.25) is 4.79 Å². The first-order valence-electron chi connectivity index (χ1n) is 8.60. The number of amides is 1. The normalized spacial score (nSPS) is 10.7. The van der Waals surface area contributed by atoms with Crippen molar-refractivity contribution in [2.45, 2.75) is 20.8 Å². The van der Waals surface area contributed by atoms with Crippen LogP contribution in [0.1, 0.15) is 39.0 Å². The second kappa shape index (κ2) is 7.53. The van der Waals surface area contributed by atoms with Gasteiger partial charge in [0.05, 0.1) is 19.3 Å². The highest BCUT2D eigenvalue weighted by Crippen LogP contribution is 2.30. The fourth-order valence-corrected chi connectivity index (χ4v) is 2.85. The van der Waals surface area contributed by atoms with Crippen LogP contribution in [0.15, 0.2) is 40.8 Å². The van der Waals surface area contributed by atoms with Crippen LogP contribution in [0.5, 0.6) is 5.75 Å². The third-order valence-corrected chi connectivity index (χ3v) is 4.33. The fraction of sp³-hybridized carbons (Fsp3) is 0.238. The van der Waals surface area contributed by atoms with Crippen molar-refractivity contribution < 1.29 is 23.5 Å². The van der Waals surface area contributed by atoms with E-state index < -0.39 is 5.97 Å². The lowest BCUT2D eigenvalue weighted by molar-refractivity contribution is 0.0600. The van der Waals surface area contributed by atoms with Gasteiger partial charge in [0.25, 0.3) is 5.91 Å².